The Kier molecular flexibility index (Phi) is 4.19. The molecule has 0 heterocycles. The summed E-state index contributed by atoms with van der Waals surface area (Å²) >= 11 is 5.58. The summed E-state index contributed by atoms with van der Waals surface area (Å²) in [5.41, 5.74) is -0.482. The first-order chi connectivity index (χ1) is 5.04. The second-order valence-corrected chi connectivity index (χ2v) is 3.28. The van der Waals surface area contributed by atoms with Crippen molar-refractivity contribution in [1.29, 1.82) is 0 Å². The van der Waals surface area contributed by atoms with Gasteiger partial charge in [0.2, 0.25) is 5.91 Å². The number of halogens is 1. The van der Waals surface area contributed by atoms with E-state index < -0.39 is 5.41 Å². The number of carbonyl (C=O) groups excluding carboxylic acids is 1. The summed E-state index contributed by atoms with van der Waals surface area (Å²) in [5, 5.41) is 2.68. The third kappa shape index (κ3) is 3.42. The van der Waals surface area contributed by atoms with Crippen molar-refractivity contribution < 1.29 is 4.79 Å². The Bertz CT molecular complexity index is 154. The van der Waals surface area contributed by atoms with E-state index in [1.807, 2.05) is 0 Å². The smallest absolute Gasteiger partial charge is 0.227 e. The molecule has 0 aliphatic rings. The SMILES string of the molecule is C=CCNC(=O)C(C)(C)CCl. The third-order valence-electron chi connectivity index (χ3n) is 1.36. The largest absolute Gasteiger partial charge is 0.352 e. The van der Waals surface area contributed by atoms with E-state index in [0.717, 1.165) is 0 Å². The van der Waals surface area contributed by atoms with Gasteiger partial charge in [-0.1, -0.05) is 6.08 Å². The molecule has 0 aromatic heterocycles. The lowest BCUT2D eigenvalue weighted by atomic mass is 9.95. The van der Waals surface area contributed by atoms with Gasteiger partial charge in [-0.2, -0.15) is 0 Å². The second-order valence-electron chi connectivity index (χ2n) is 3.02. The first-order valence-corrected chi connectivity index (χ1v) is 4.03. The van der Waals surface area contributed by atoms with Crippen molar-refractivity contribution in [2.75, 3.05) is 12.4 Å². The molecule has 0 aromatic rings. The number of rotatable bonds is 4. The molecular weight excluding hydrogens is 162 g/mol. The quantitative estimate of drug-likeness (QED) is 0.510. The maximum atomic E-state index is 11.2. The molecule has 64 valence electrons. The van der Waals surface area contributed by atoms with Gasteiger partial charge in [-0.3, -0.25) is 4.79 Å². The standard InChI is InChI=1S/C8H14ClNO/c1-4-5-10-7(11)8(2,3)6-9/h4H,1,5-6H2,2-3H3,(H,10,11). The Labute approximate surface area is 72.6 Å². The molecule has 11 heavy (non-hydrogen) atoms. The third-order valence-corrected chi connectivity index (χ3v) is 2.02. The first-order valence-electron chi connectivity index (χ1n) is 3.49. The summed E-state index contributed by atoms with van der Waals surface area (Å²) in [7, 11) is 0. The Morgan fingerprint density at radius 1 is 1.73 bits per heavy atom. The van der Waals surface area contributed by atoms with Crippen LogP contribution in [0.25, 0.3) is 0 Å². The van der Waals surface area contributed by atoms with Crippen molar-refractivity contribution in [2.24, 2.45) is 5.41 Å². The molecule has 1 N–H and O–H groups in total. The van der Waals surface area contributed by atoms with E-state index in [4.69, 9.17) is 11.6 Å². The Balaban J connectivity index is 3.91. The lowest BCUT2D eigenvalue weighted by molar-refractivity contribution is -0.128. The average Bonchev–Trinajstić information content (AvgIpc) is 2.00. The van der Waals surface area contributed by atoms with Crippen LogP contribution in [0, 0.1) is 5.41 Å². The highest BCUT2D eigenvalue weighted by Crippen LogP contribution is 2.16. The van der Waals surface area contributed by atoms with Gasteiger partial charge in [0.25, 0.3) is 0 Å². The van der Waals surface area contributed by atoms with Crippen LogP contribution in [0.4, 0.5) is 0 Å². The van der Waals surface area contributed by atoms with E-state index in [1.165, 1.54) is 0 Å². The lowest BCUT2D eigenvalue weighted by Crippen LogP contribution is -2.38. The Hall–Kier alpha value is -0.500. The lowest BCUT2D eigenvalue weighted by Gasteiger charge is -2.19. The van der Waals surface area contributed by atoms with Crippen LogP contribution >= 0.6 is 11.6 Å². The molecule has 0 aliphatic heterocycles. The van der Waals surface area contributed by atoms with Crippen LogP contribution in [0.1, 0.15) is 13.8 Å². The summed E-state index contributed by atoms with van der Waals surface area (Å²) < 4.78 is 0. The van der Waals surface area contributed by atoms with Gasteiger partial charge in [-0.05, 0) is 13.8 Å². The van der Waals surface area contributed by atoms with Crippen molar-refractivity contribution >= 4 is 17.5 Å². The Morgan fingerprint density at radius 2 is 2.27 bits per heavy atom. The van der Waals surface area contributed by atoms with Crippen LogP contribution in [0.2, 0.25) is 0 Å². The van der Waals surface area contributed by atoms with Gasteiger partial charge in [0.1, 0.15) is 0 Å². The van der Waals surface area contributed by atoms with E-state index in [9.17, 15) is 4.79 Å². The van der Waals surface area contributed by atoms with Crippen molar-refractivity contribution in [1.82, 2.24) is 5.32 Å². The Morgan fingerprint density at radius 3 is 2.64 bits per heavy atom. The monoisotopic (exact) mass is 175 g/mol. The van der Waals surface area contributed by atoms with Crippen molar-refractivity contribution in [3.8, 4) is 0 Å². The molecule has 0 atom stereocenters. The minimum absolute atomic E-state index is 0.0348. The van der Waals surface area contributed by atoms with E-state index in [2.05, 4.69) is 11.9 Å². The van der Waals surface area contributed by atoms with Gasteiger partial charge in [-0.15, -0.1) is 18.2 Å². The molecule has 0 fully saturated rings. The minimum Gasteiger partial charge on any atom is -0.352 e. The molecule has 0 saturated heterocycles. The fourth-order valence-electron chi connectivity index (χ4n) is 0.465. The number of carbonyl (C=O) groups is 1. The number of hydrogen-bond donors (Lipinski definition) is 1. The molecule has 0 rings (SSSR count). The highest BCUT2D eigenvalue weighted by Gasteiger charge is 2.25. The fourth-order valence-corrected chi connectivity index (χ4v) is 0.586. The predicted octanol–water partition coefficient (Wildman–Crippen LogP) is 1.55. The van der Waals surface area contributed by atoms with Gasteiger partial charge >= 0.3 is 0 Å². The first kappa shape index (κ1) is 10.5. The molecule has 2 nitrogen and oxygen atoms in total. The van der Waals surface area contributed by atoms with Gasteiger partial charge < -0.3 is 5.32 Å². The molecule has 3 heteroatoms. The summed E-state index contributed by atoms with van der Waals surface area (Å²) in [6.07, 6.45) is 1.64. The van der Waals surface area contributed by atoms with Crippen molar-refractivity contribution in [3.63, 3.8) is 0 Å². The molecule has 0 radical (unpaired) electrons. The van der Waals surface area contributed by atoms with Crippen molar-refractivity contribution in [2.45, 2.75) is 13.8 Å². The van der Waals surface area contributed by atoms with E-state index in [-0.39, 0.29) is 5.91 Å². The summed E-state index contributed by atoms with van der Waals surface area (Å²) in [6.45, 7) is 7.60. The predicted molar refractivity (Wildman–Crippen MR) is 47.7 cm³/mol. The number of alkyl halides is 1. The molecule has 0 aromatic carbocycles. The summed E-state index contributed by atoms with van der Waals surface area (Å²) in [6, 6.07) is 0. The molecule has 1 amide bonds. The van der Waals surface area contributed by atoms with Crippen molar-refractivity contribution in [3.05, 3.63) is 12.7 Å². The van der Waals surface area contributed by atoms with E-state index >= 15 is 0 Å². The van der Waals surface area contributed by atoms with Crippen LogP contribution in [-0.2, 0) is 4.79 Å². The van der Waals surface area contributed by atoms with E-state index in [1.54, 1.807) is 19.9 Å². The highest BCUT2D eigenvalue weighted by atomic mass is 35.5. The zero-order valence-electron chi connectivity index (χ0n) is 6.98. The average molecular weight is 176 g/mol. The molecule has 0 spiro atoms. The van der Waals surface area contributed by atoms with Gasteiger partial charge in [0, 0.05) is 12.4 Å². The van der Waals surface area contributed by atoms with E-state index in [0.29, 0.717) is 12.4 Å². The fraction of sp³-hybridized carbons (Fsp3) is 0.625. The number of hydrogen-bond acceptors (Lipinski definition) is 1. The maximum Gasteiger partial charge on any atom is 0.227 e. The topological polar surface area (TPSA) is 29.1 Å². The van der Waals surface area contributed by atoms with Crippen LogP contribution in [0.5, 0.6) is 0 Å². The van der Waals surface area contributed by atoms with Gasteiger partial charge in [0.15, 0.2) is 0 Å². The highest BCUT2D eigenvalue weighted by molar-refractivity contribution is 6.19. The summed E-state index contributed by atoms with van der Waals surface area (Å²) in [4.78, 5) is 11.2. The van der Waals surface area contributed by atoms with Gasteiger partial charge in [-0.25, -0.2) is 0 Å². The van der Waals surface area contributed by atoms with Crippen LogP contribution in [0.3, 0.4) is 0 Å². The molecule has 0 unspecified atom stereocenters. The summed E-state index contributed by atoms with van der Waals surface area (Å²) in [5.74, 6) is 0.295. The van der Waals surface area contributed by atoms with Crippen LogP contribution < -0.4 is 5.32 Å². The number of amides is 1. The normalized spacial score (nSPS) is 10.8. The van der Waals surface area contributed by atoms with Crippen LogP contribution in [0.15, 0.2) is 12.7 Å². The number of nitrogens with one attached hydrogen (secondary N) is 1. The zero-order chi connectivity index (χ0) is 8.91. The maximum absolute atomic E-state index is 11.2. The minimum atomic E-state index is -0.482. The molecule has 0 aliphatic carbocycles. The molecule has 0 saturated carbocycles. The molecule has 0 bridgehead atoms. The zero-order valence-corrected chi connectivity index (χ0v) is 7.74. The van der Waals surface area contributed by atoms with Gasteiger partial charge in [0.05, 0.1) is 5.41 Å². The molecular formula is C8H14ClNO. The second kappa shape index (κ2) is 4.39. The van der Waals surface area contributed by atoms with Crippen LogP contribution in [-0.4, -0.2) is 18.3 Å².